The van der Waals surface area contributed by atoms with Crippen LogP contribution in [0.4, 0.5) is 0 Å². The largest absolute Gasteiger partial charge is 0.297 e. The fourth-order valence-electron chi connectivity index (χ4n) is 3.31. The summed E-state index contributed by atoms with van der Waals surface area (Å²) in [6.45, 7) is 8.60. The van der Waals surface area contributed by atoms with Crippen molar-refractivity contribution in [3.63, 3.8) is 0 Å². The molecular formula is C18H35N. The van der Waals surface area contributed by atoms with Gasteiger partial charge in [0.15, 0.2) is 0 Å². The summed E-state index contributed by atoms with van der Waals surface area (Å²) >= 11 is 0. The van der Waals surface area contributed by atoms with Gasteiger partial charge in [-0.25, -0.2) is 0 Å². The standard InChI is InChI=1S/C18H35N/c1-3-5-6-7-8-9-10-13-17-19(16-4-2)18-14-11-12-15-18/h4,18H,2-3,5-17H2,1H3. The molecule has 1 fully saturated rings. The van der Waals surface area contributed by atoms with Gasteiger partial charge in [0.1, 0.15) is 0 Å². The molecule has 1 nitrogen and oxygen atoms in total. The lowest BCUT2D eigenvalue weighted by atomic mass is 10.1. The number of nitrogens with zero attached hydrogens (tertiary/aromatic N) is 1. The van der Waals surface area contributed by atoms with E-state index in [1.54, 1.807) is 0 Å². The Morgan fingerprint density at radius 2 is 1.53 bits per heavy atom. The molecule has 0 amide bonds. The molecule has 0 heterocycles. The minimum Gasteiger partial charge on any atom is -0.297 e. The second kappa shape index (κ2) is 11.5. The second-order valence-electron chi connectivity index (χ2n) is 6.20. The molecule has 0 aromatic rings. The van der Waals surface area contributed by atoms with Crippen LogP contribution in [0.15, 0.2) is 12.7 Å². The van der Waals surface area contributed by atoms with Crippen molar-refractivity contribution in [2.24, 2.45) is 0 Å². The van der Waals surface area contributed by atoms with Crippen molar-refractivity contribution in [1.82, 2.24) is 4.90 Å². The molecule has 19 heavy (non-hydrogen) atoms. The Morgan fingerprint density at radius 3 is 2.11 bits per heavy atom. The van der Waals surface area contributed by atoms with E-state index in [0.29, 0.717) is 0 Å². The van der Waals surface area contributed by atoms with E-state index >= 15 is 0 Å². The monoisotopic (exact) mass is 265 g/mol. The van der Waals surface area contributed by atoms with Gasteiger partial charge in [-0.1, -0.05) is 70.8 Å². The van der Waals surface area contributed by atoms with Crippen molar-refractivity contribution in [2.45, 2.75) is 90.0 Å². The molecule has 0 aliphatic heterocycles. The Morgan fingerprint density at radius 1 is 0.947 bits per heavy atom. The zero-order valence-corrected chi connectivity index (χ0v) is 13.2. The maximum atomic E-state index is 3.92. The highest BCUT2D eigenvalue weighted by Gasteiger charge is 2.20. The lowest BCUT2D eigenvalue weighted by Crippen LogP contribution is -2.34. The van der Waals surface area contributed by atoms with Crippen molar-refractivity contribution in [1.29, 1.82) is 0 Å². The first-order valence-electron chi connectivity index (χ1n) is 8.73. The minimum atomic E-state index is 0.863. The highest BCUT2D eigenvalue weighted by atomic mass is 15.1. The van der Waals surface area contributed by atoms with Gasteiger partial charge in [0, 0.05) is 12.6 Å². The molecule has 0 bridgehead atoms. The SMILES string of the molecule is C=CCN(CCCCCCCCCC)C1CCCC1. The topological polar surface area (TPSA) is 3.24 Å². The Kier molecular flexibility index (Phi) is 10.2. The molecule has 1 rings (SSSR count). The normalized spacial score (nSPS) is 16.3. The van der Waals surface area contributed by atoms with Gasteiger partial charge in [-0.3, -0.25) is 4.90 Å². The predicted molar refractivity (Wildman–Crippen MR) is 86.6 cm³/mol. The van der Waals surface area contributed by atoms with E-state index in [-0.39, 0.29) is 0 Å². The molecule has 0 aromatic carbocycles. The van der Waals surface area contributed by atoms with Crippen LogP contribution < -0.4 is 0 Å². The van der Waals surface area contributed by atoms with Crippen molar-refractivity contribution in [3.8, 4) is 0 Å². The van der Waals surface area contributed by atoms with Crippen molar-refractivity contribution in [2.75, 3.05) is 13.1 Å². The molecule has 112 valence electrons. The molecule has 0 aromatic heterocycles. The van der Waals surface area contributed by atoms with Gasteiger partial charge >= 0.3 is 0 Å². The third-order valence-electron chi connectivity index (χ3n) is 4.50. The lowest BCUT2D eigenvalue weighted by molar-refractivity contribution is 0.215. The second-order valence-corrected chi connectivity index (χ2v) is 6.20. The van der Waals surface area contributed by atoms with Crippen LogP contribution in [0, 0.1) is 0 Å². The quantitative estimate of drug-likeness (QED) is 0.330. The van der Waals surface area contributed by atoms with Crippen LogP contribution in [0.2, 0.25) is 0 Å². The molecule has 1 aliphatic carbocycles. The van der Waals surface area contributed by atoms with Crippen LogP contribution in [0.5, 0.6) is 0 Å². The van der Waals surface area contributed by atoms with E-state index in [1.807, 2.05) is 0 Å². The van der Waals surface area contributed by atoms with E-state index in [0.717, 1.165) is 12.6 Å². The first-order valence-corrected chi connectivity index (χ1v) is 8.73. The Bertz CT molecular complexity index is 206. The average Bonchev–Trinajstić information content (AvgIpc) is 2.94. The Balaban J connectivity index is 2.00. The van der Waals surface area contributed by atoms with Gasteiger partial charge < -0.3 is 0 Å². The number of hydrogen-bond donors (Lipinski definition) is 0. The minimum absolute atomic E-state index is 0.863. The highest BCUT2D eigenvalue weighted by molar-refractivity contribution is 4.82. The highest BCUT2D eigenvalue weighted by Crippen LogP contribution is 2.23. The summed E-state index contributed by atoms with van der Waals surface area (Å²) in [7, 11) is 0. The summed E-state index contributed by atoms with van der Waals surface area (Å²) in [5.74, 6) is 0. The maximum absolute atomic E-state index is 3.92. The lowest BCUT2D eigenvalue weighted by Gasteiger charge is -2.27. The van der Waals surface area contributed by atoms with Gasteiger partial charge in [-0.15, -0.1) is 6.58 Å². The Hall–Kier alpha value is -0.300. The maximum Gasteiger partial charge on any atom is 0.0163 e. The molecular weight excluding hydrogens is 230 g/mol. The van der Waals surface area contributed by atoms with E-state index in [2.05, 4.69) is 24.5 Å². The van der Waals surface area contributed by atoms with Crippen LogP contribution in [0.3, 0.4) is 0 Å². The van der Waals surface area contributed by atoms with E-state index in [9.17, 15) is 0 Å². The fourth-order valence-corrected chi connectivity index (χ4v) is 3.31. The smallest absolute Gasteiger partial charge is 0.0163 e. The Labute approximate surface area is 121 Å². The van der Waals surface area contributed by atoms with E-state index in [1.165, 1.54) is 83.6 Å². The number of unbranched alkanes of at least 4 members (excludes halogenated alkanes) is 7. The molecule has 1 heteroatoms. The summed E-state index contributed by atoms with van der Waals surface area (Å²) in [6, 6.07) is 0.863. The zero-order chi connectivity index (χ0) is 13.8. The fraction of sp³-hybridized carbons (Fsp3) is 0.889. The molecule has 1 aliphatic rings. The van der Waals surface area contributed by atoms with Crippen LogP contribution in [0.1, 0.15) is 84.0 Å². The van der Waals surface area contributed by atoms with E-state index in [4.69, 9.17) is 0 Å². The third kappa shape index (κ3) is 7.77. The summed E-state index contributed by atoms with van der Waals surface area (Å²) < 4.78 is 0. The van der Waals surface area contributed by atoms with Gasteiger partial charge in [-0.05, 0) is 25.8 Å². The van der Waals surface area contributed by atoms with Crippen LogP contribution in [-0.2, 0) is 0 Å². The summed E-state index contributed by atoms with van der Waals surface area (Å²) in [4.78, 5) is 2.68. The van der Waals surface area contributed by atoms with Crippen LogP contribution in [-0.4, -0.2) is 24.0 Å². The third-order valence-corrected chi connectivity index (χ3v) is 4.50. The van der Waals surface area contributed by atoms with Crippen LogP contribution in [0.25, 0.3) is 0 Å². The van der Waals surface area contributed by atoms with Gasteiger partial charge in [0.05, 0.1) is 0 Å². The summed E-state index contributed by atoms with van der Waals surface area (Å²) in [6.07, 6.45) is 19.2. The van der Waals surface area contributed by atoms with Gasteiger partial charge in [0.2, 0.25) is 0 Å². The molecule has 0 unspecified atom stereocenters. The molecule has 0 N–H and O–H groups in total. The van der Waals surface area contributed by atoms with Crippen molar-refractivity contribution >= 4 is 0 Å². The predicted octanol–water partition coefficient (Wildman–Crippen LogP) is 5.56. The summed E-state index contributed by atoms with van der Waals surface area (Å²) in [5, 5.41) is 0. The molecule has 0 radical (unpaired) electrons. The molecule has 0 atom stereocenters. The summed E-state index contributed by atoms with van der Waals surface area (Å²) in [5.41, 5.74) is 0. The van der Waals surface area contributed by atoms with Crippen molar-refractivity contribution < 1.29 is 0 Å². The first kappa shape index (κ1) is 16.8. The number of hydrogen-bond acceptors (Lipinski definition) is 1. The van der Waals surface area contributed by atoms with Crippen LogP contribution >= 0.6 is 0 Å². The molecule has 0 spiro atoms. The van der Waals surface area contributed by atoms with Crippen molar-refractivity contribution in [3.05, 3.63) is 12.7 Å². The zero-order valence-electron chi connectivity index (χ0n) is 13.2. The van der Waals surface area contributed by atoms with Gasteiger partial charge in [-0.2, -0.15) is 0 Å². The van der Waals surface area contributed by atoms with Gasteiger partial charge in [0.25, 0.3) is 0 Å². The number of rotatable bonds is 12. The molecule has 0 saturated heterocycles. The van der Waals surface area contributed by atoms with E-state index < -0.39 is 0 Å². The molecule has 1 saturated carbocycles. The first-order chi connectivity index (χ1) is 9.38. The average molecular weight is 265 g/mol.